The first-order chi connectivity index (χ1) is 13.2. The topological polar surface area (TPSA) is 57.7 Å². The number of hydrogen-bond donors (Lipinski definition) is 1. The molecule has 1 aromatic rings. The van der Waals surface area contributed by atoms with Gasteiger partial charge in [-0.15, -0.1) is 0 Å². The quantitative estimate of drug-likeness (QED) is 0.756. The van der Waals surface area contributed by atoms with E-state index in [0.717, 1.165) is 51.6 Å². The molecule has 27 heavy (non-hydrogen) atoms. The Bertz CT molecular complexity index is 583. The number of aromatic nitrogens is 1. The molecule has 6 heteroatoms. The van der Waals surface area contributed by atoms with Crippen LogP contribution in [0.5, 0.6) is 0 Å². The summed E-state index contributed by atoms with van der Waals surface area (Å²) in [7, 11) is 2.19. The molecule has 0 unspecified atom stereocenters. The summed E-state index contributed by atoms with van der Waals surface area (Å²) in [6.45, 7) is 4.94. The van der Waals surface area contributed by atoms with Crippen molar-refractivity contribution in [2.75, 3.05) is 51.3 Å². The van der Waals surface area contributed by atoms with Crippen molar-refractivity contribution in [1.29, 1.82) is 0 Å². The normalized spacial score (nSPS) is 18.7. The molecule has 1 N–H and O–H groups in total. The lowest BCUT2D eigenvalue weighted by Crippen LogP contribution is -2.39. The first kappa shape index (κ1) is 20.1. The van der Waals surface area contributed by atoms with Crippen molar-refractivity contribution in [3.8, 4) is 0 Å². The lowest BCUT2D eigenvalue weighted by molar-refractivity contribution is -0.121. The van der Waals surface area contributed by atoms with E-state index in [1.807, 2.05) is 12.3 Å². The standard InChI is InChI=1S/C21H34N4O2/c1-24(19-5-3-2-4-6-19)12-11-23-21(26)8-7-18-9-10-22-20(17-18)25-13-15-27-16-14-25/h9-10,17,19H,2-8,11-16H2,1H3,(H,23,26). The van der Waals surface area contributed by atoms with Gasteiger partial charge < -0.3 is 19.9 Å². The van der Waals surface area contributed by atoms with Crippen LogP contribution in [0.4, 0.5) is 5.82 Å². The van der Waals surface area contributed by atoms with Gasteiger partial charge in [-0.05, 0) is 44.0 Å². The van der Waals surface area contributed by atoms with Crippen LogP contribution >= 0.6 is 0 Å². The van der Waals surface area contributed by atoms with E-state index in [2.05, 4.69) is 33.2 Å². The monoisotopic (exact) mass is 374 g/mol. The van der Waals surface area contributed by atoms with Gasteiger partial charge in [0.05, 0.1) is 13.2 Å². The van der Waals surface area contributed by atoms with E-state index in [1.54, 1.807) is 0 Å². The van der Waals surface area contributed by atoms with E-state index in [9.17, 15) is 4.79 Å². The number of hydrogen-bond acceptors (Lipinski definition) is 5. The number of nitrogens with zero attached hydrogens (tertiary/aromatic N) is 3. The van der Waals surface area contributed by atoms with Crippen LogP contribution in [-0.4, -0.2) is 68.3 Å². The smallest absolute Gasteiger partial charge is 0.220 e. The van der Waals surface area contributed by atoms with Crippen LogP contribution in [0, 0.1) is 0 Å². The molecule has 150 valence electrons. The Hall–Kier alpha value is -1.66. The molecule has 1 saturated heterocycles. The number of amides is 1. The number of morpholine rings is 1. The zero-order chi connectivity index (χ0) is 18.9. The molecule has 0 spiro atoms. The molecular weight excluding hydrogens is 340 g/mol. The average Bonchev–Trinajstić information content (AvgIpc) is 2.73. The van der Waals surface area contributed by atoms with Crippen LogP contribution in [0.3, 0.4) is 0 Å². The molecule has 0 atom stereocenters. The number of carbonyl (C=O) groups excluding carboxylic acids is 1. The molecule has 2 fully saturated rings. The molecule has 6 nitrogen and oxygen atoms in total. The van der Waals surface area contributed by atoms with Gasteiger partial charge in [-0.3, -0.25) is 4.79 Å². The highest BCUT2D eigenvalue weighted by Gasteiger charge is 2.17. The zero-order valence-electron chi connectivity index (χ0n) is 16.7. The predicted octanol–water partition coefficient (Wildman–Crippen LogP) is 2.23. The highest BCUT2D eigenvalue weighted by Crippen LogP contribution is 2.21. The van der Waals surface area contributed by atoms with Crippen LogP contribution < -0.4 is 10.2 Å². The van der Waals surface area contributed by atoms with Gasteiger partial charge >= 0.3 is 0 Å². The molecule has 1 aromatic heterocycles. The highest BCUT2D eigenvalue weighted by atomic mass is 16.5. The Morgan fingerprint density at radius 2 is 2.07 bits per heavy atom. The van der Waals surface area contributed by atoms with E-state index in [1.165, 1.54) is 37.7 Å². The minimum absolute atomic E-state index is 0.136. The molecule has 2 aliphatic rings. The summed E-state index contributed by atoms with van der Waals surface area (Å²) in [4.78, 5) is 21.3. The SMILES string of the molecule is CN(CCNC(=O)CCc1ccnc(N2CCOCC2)c1)C1CCCCC1. The molecule has 1 amide bonds. The molecule has 0 bridgehead atoms. The van der Waals surface area contributed by atoms with Crippen LogP contribution in [0.1, 0.15) is 44.1 Å². The summed E-state index contributed by atoms with van der Waals surface area (Å²) >= 11 is 0. The molecular formula is C21H34N4O2. The largest absolute Gasteiger partial charge is 0.378 e. The number of nitrogens with one attached hydrogen (secondary N) is 1. The summed E-state index contributed by atoms with van der Waals surface area (Å²) in [5.41, 5.74) is 1.17. The lowest BCUT2D eigenvalue weighted by atomic mass is 9.94. The van der Waals surface area contributed by atoms with Crippen LogP contribution in [0.25, 0.3) is 0 Å². The van der Waals surface area contributed by atoms with Crippen molar-refractivity contribution in [3.63, 3.8) is 0 Å². The fourth-order valence-electron chi connectivity index (χ4n) is 4.00. The maximum atomic E-state index is 12.2. The summed E-state index contributed by atoms with van der Waals surface area (Å²) in [5, 5.41) is 3.08. The van der Waals surface area contributed by atoms with Gasteiger partial charge in [0, 0.05) is 44.8 Å². The molecule has 1 saturated carbocycles. The fourth-order valence-corrected chi connectivity index (χ4v) is 4.00. The summed E-state index contributed by atoms with van der Waals surface area (Å²) < 4.78 is 5.40. The number of anilines is 1. The number of aryl methyl sites for hydroxylation is 1. The molecule has 3 rings (SSSR count). The van der Waals surface area contributed by atoms with Crippen molar-refractivity contribution in [1.82, 2.24) is 15.2 Å². The van der Waals surface area contributed by atoms with Gasteiger partial charge in [-0.2, -0.15) is 0 Å². The third kappa shape index (κ3) is 6.47. The van der Waals surface area contributed by atoms with Crippen LogP contribution in [0.2, 0.25) is 0 Å². The average molecular weight is 375 g/mol. The van der Waals surface area contributed by atoms with E-state index in [-0.39, 0.29) is 5.91 Å². The Kier molecular flexibility index (Phi) is 7.90. The van der Waals surface area contributed by atoms with Gasteiger partial charge in [0.1, 0.15) is 5.82 Å². The van der Waals surface area contributed by atoms with Crippen molar-refractivity contribution < 1.29 is 9.53 Å². The van der Waals surface area contributed by atoms with Crippen LogP contribution in [-0.2, 0) is 16.0 Å². The second-order valence-electron chi connectivity index (χ2n) is 7.74. The Morgan fingerprint density at radius 3 is 2.85 bits per heavy atom. The van der Waals surface area contributed by atoms with Crippen molar-refractivity contribution in [2.24, 2.45) is 0 Å². The van der Waals surface area contributed by atoms with Crippen molar-refractivity contribution >= 4 is 11.7 Å². The number of pyridine rings is 1. The zero-order valence-corrected chi connectivity index (χ0v) is 16.7. The second kappa shape index (κ2) is 10.6. The third-order valence-electron chi connectivity index (χ3n) is 5.77. The Morgan fingerprint density at radius 1 is 1.30 bits per heavy atom. The second-order valence-corrected chi connectivity index (χ2v) is 7.74. The van der Waals surface area contributed by atoms with Gasteiger partial charge in [0.15, 0.2) is 0 Å². The van der Waals surface area contributed by atoms with Gasteiger partial charge in [0.25, 0.3) is 0 Å². The molecule has 2 heterocycles. The minimum Gasteiger partial charge on any atom is -0.378 e. The van der Waals surface area contributed by atoms with E-state index >= 15 is 0 Å². The van der Waals surface area contributed by atoms with E-state index in [4.69, 9.17) is 4.74 Å². The number of ether oxygens (including phenoxy) is 1. The first-order valence-electron chi connectivity index (χ1n) is 10.5. The first-order valence-corrected chi connectivity index (χ1v) is 10.5. The van der Waals surface area contributed by atoms with Gasteiger partial charge in [-0.25, -0.2) is 4.98 Å². The van der Waals surface area contributed by atoms with E-state index in [0.29, 0.717) is 12.5 Å². The minimum atomic E-state index is 0.136. The van der Waals surface area contributed by atoms with Crippen LogP contribution in [0.15, 0.2) is 18.3 Å². The molecule has 0 aromatic carbocycles. The molecule has 1 aliphatic carbocycles. The highest BCUT2D eigenvalue weighted by molar-refractivity contribution is 5.76. The summed E-state index contributed by atoms with van der Waals surface area (Å²) in [6.07, 6.45) is 9.81. The number of rotatable bonds is 8. The van der Waals surface area contributed by atoms with Crippen molar-refractivity contribution in [2.45, 2.75) is 51.0 Å². The molecule has 0 radical (unpaired) electrons. The maximum Gasteiger partial charge on any atom is 0.220 e. The summed E-state index contributed by atoms with van der Waals surface area (Å²) in [5.74, 6) is 1.13. The summed E-state index contributed by atoms with van der Waals surface area (Å²) in [6, 6.07) is 4.81. The number of carbonyl (C=O) groups is 1. The maximum absolute atomic E-state index is 12.2. The molecule has 1 aliphatic heterocycles. The van der Waals surface area contributed by atoms with Crippen molar-refractivity contribution in [3.05, 3.63) is 23.9 Å². The number of likely N-dealkylation sites (N-methyl/N-ethyl adjacent to an activating group) is 1. The predicted molar refractivity (Wildman–Crippen MR) is 108 cm³/mol. The Balaban J connectivity index is 1.36. The fraction of sp³-hybridized carbons (Fsp3) is 0.714. The lowest BCUT2D eigenvalue weighted by Gasteiger charge is -2.31. The van der Waals surface area contributed by atoms with E-state index < -0.39 is 0 Å². The van der Waals surface area contributed by atoms with Gasteiger partial charge in [0.2, 0.25) is 5.91 Å². The Labute approximate surface area is 163 Å². The third-order valence-corrected chi connectivity index (χ3v) is 5.77. The van der Waals surface area contributed by atoms with Gasteiger partial charge in [-0.1, -0.05) is 19.3 Å².